The van der Waals surface area contributed by atoms with Gasteiger partial charge in [0.1, 0.15) is 5.82 Å². The lowest BCUT2D eigenvalue weighted by Crippen LogP contribution is -2.25. The Morgan fingerprint density at radius 2 is 2.20 bits per heavy atom. The summed E-state index contributed by atoms with van der Waals surface area (Å²) in [7, 11) is 0. The molecule has 0 spiro atoms. The molecule has 2 heterocycles. The molecule has 1 N–H and O–H groups in total. The lowest BCUT2D eigenvalue weighted by atomic mass is 10.1. The summed E-state index contributed by atoms with van der Waals surface area (Å²) in [6.45, 7) is 6.14. The van der Waals surface area contributed by atoms with Crippen LogP contribution in [0.4, 0.5) is 0 Å². The molecule has 0 saturated heterocycles. The van der Waals surface area contributed by atoms with Crippen LogP contribution in [0.15, 0.2) is 18.5 Å². The molecule has 0 aliphatic heterocycles. The van der Waals surface area contributed by atoms with E-state index in [1.165, 1.54) is 11.3 Å². The van der Waals surface area contributed by atoms with E-state index in [4.69, 9.17) is 23.2 Å². The van der Waals surface area contributed by atoms with Gasteiger partial charge in [0.15, 0.2) is 0 Å². The van der Waals surface area contributed by atoms with Gasteiger partial charge in [-0.3, -0.25) is 0 Å². The van der Waals surface area contributed by atoms with Gasteiger partial charge >= 0.3 is 0 Å². The molecule has 0 bridgehead atoms. The molecule has 20 heavy (non-hydrogen) atoms. The smallest absolute Gasteiger partial charge is 0.110 e. The molecule has 6 heteroatoms. The number of thiophene rings is 1. The maximum absolute atomic E-state index is 6.30. The van der Waals surface area contributed by atoms with E-state index in [0.29, 0.717) is 0 Å². The summed E-state index contributed by atoms with van der Waals surface area (Å²) in [5, 5.41) is 3.54. The molecule has 1 atom stereocenters. The van der Waals surface area contributed by atoms with Gasteiger partial charge in [-0.05, 0) is 26.0 Å². The number of rotatable bonds is 7. The fourth-order valence-corrected chi connectivity index (χ4v) is 3.78. The summed E-state index contributed by atoms with van der Waals surface area (Å²) in [6, 6.07) is 2.11. The topological polar surface area (TPSA) is 29.9 Å². The van der Waals surface area contributed by atoms with Gasteiger partial charge in [-0.2, -0.15) is 0 Å². The molecular weight excluding hydrogens is 313 g/mol. The molecule has 2 aromatic heterocycles. The highest BCUT2D eigenvalue weighted by Gasteiger charge is 2.19. The van der Waals surface area contributed by atoms with Crippen molar-refractivity contribution in [1.29, 1.82) is 0 Å². The second-order valence-electron chi connectivity index (χ2n) is 4.62. The zero-order valence-electron chi connectivity index (χ0n) is 11.7. The van der Waals surface area contributed by atoms with E-state index in [1.54, 1.807) is 0 Å². The zero-order chi connectivity index (χ0) is 14.5. The van der Waals surface area contributed by atoms with Crippen molar-refractivity contribution in [2.24, 2.45) is 0 Å². The monoisotopic (exact) mass is 331 g/mol. The van der Waals surface area contributed by atoms with Crippen molar-refractivity contribution in [3.63, 3.8) is 0 Å². The predicted octanol–water partition coefficient (Wildman–Crippen LogP) is 4.55. The Morgan fingerprint density at radius 3 is 2.80 bits per heavy atom. The van der Waals surface area contributed by atoms with Crippen molar-refractivity contribution in [2.45, 2.75) is 39.3 Å². The Hall–Kier alpha value is -0.550. The molecule has 0 radical (unpaired) electrons. The number of halogens is 2. The van der Waals surface area contributed by atoms with Gasteiger partial charge in [0.25, 0.3) is 0 Å². The first-order valence-corrected chi connectivity index (χ1v) is 8.41. The summed E-state index contributed by atoms with van der Waals surface area (Å²) in [4.78, 5) is 4.45. The van der Waals surface area contributed by atoms with Crippen LogP contribution in [0.25, 0.3) is 0 Å². The Morgan fingerprint density at radius 1 is 1.40 bits per heavy atom. The van der Waals surface area contributed by atoms with Gasteiger partial charge < -0.3 is 9.88 Å². The number of aryl methyl sites for hydroxylation is 1. The largest absolute Gasteiger partial charge is 0.335 e. The van der Waals surface area contributed by atoms with Crippen molar-refractivity contribution in [3.8, 4) is 0 Å². The first kappa shape index (κ1) is 15.8. The highest BCUT2D eigenvalue weighted by Crippen LogP contribution is 2.36. The maximum atomic E-state index is 6.30. The molecule has 0 saturated carbocycles. The second kappa shape index (κ2) is 7.46. The molecular formula is C14H19Cl2N3S. The molecule has 110 valence electrons. The van der Waals surface area contributed by atoms with Gasteiger partial charge in [-0.1, -0.05) is 30.1 Å². The van der Waals surface area contributed by atoms with E-state index in [-0.39, 0.29) is 6.04 Å². The van der Waals surface area contributed by atoms with E-state index >= 15 is 0 Å². The molecule has 0 fully saturated rings. The Kier molecular flexibility index (Phi) is 5.90. The average Bonchev–Trinajstić information content (AvgIpc) is 3.00. The highest BCUT2D eigenvalue weighted by atomic mass is 35.5. The third-order valence-corrected chi connectivity index (χ3v) is 4.75. The lowest BCUT2D eigenvalue weighted by Gasteiger charge is -2.18. The number of hydrogen-bond donors (Lipinski definition) is 1. The van der Waals surface area contributed by atoms with E-state index in [2.05, 4.69) is 28.7 Å². The van der Waals surface area contributed by atoms with E-state index in [1.807, 2.05) is 18.5 Å². The van der Waals surface area contributed by atoms with Crippen LogP contribution in [0.1, 0.15) is 37.7 Å². The minimum atomic E-state index is 0.152. The molecule has 0 aliphatic rings. The van der Waals surface area contributed by atoms with Crippen molar-refractivity contribution >= 4 is 34.5 Å². The second-order valence-corrected chi connectivity index (χ2v) is 6.91. The van der Waals surface area contributed by atoms with Gasteiger partial charge in [0, 0.05) is 37.0 Å². The Bertz CT molecular complexity index is 550. The van der Waals surface area contributed by atoms with E-state index in [0.717, 1.165) is 46.0 Å². The molecule has 2 rings (SSSR count). The third kappa shape index (κ3) is 3.76. The van der Waals surface area contributed by atoms with Crippen molar-refractivity contribution < 1.29 is 0 Å². The normalized spacial score (nSPS) is 12.8. The van der Waals surface area contributed by atoms with E-state index < -0.39 is 0 Å². The molecule has 0 aliphatic carbocycles. The lowest BCUT2D eigenvalue weighted by molar-refractivity contribution is 0.508. The Balaban J connectivity index is 2.21. The van der Waals surface area contributed by atoms with Crippen molar-refractivity contribution in [2.75, 3.05) is 6.54 Å². The van der Waals surface area contributed by atoms with Gasteiger partial charge in [0.2, 0.25) is 0 Å². The third-order valence-electron chi connectivity index (χ3n) is 3.23. The van der Waals surface area contributed by atoms with E-state index in [9.17, 15) is 0 Å². The van der Waals surface area contributed by atoms with Gasteiger partial charge in [-0.25, -0.2) is 4.98 Å². The van der Waals surface area contributed by atoms with Crippen molar-refractivity contribution in [3.05, 3.63) is 38.5 Å². The molecule has 3 nitrogen and oxygen atoms in total. The number of aromatic nitrogens is 2. The SMILES string of the molecule is CCCNC(Cc1nccn1CC)c1cc(Cl)sc1Cl. The van der Waals surface area contributed by atoms with Crippen LogP contribution < -0.4 is 5.32 Å². The number of hydrogen-bond acceptors (Lipinski definition) is 3. The van der Waals surface area contributed by atoms with Gasteiger partial charge in [-0.15, -0.1) is 11.3 Å². The zero-order valence-corrected chi connectivity index (χ0v) is 14.0. The highest BCUT2D eigenvalue weighted by molar-refractivity contribution is 7.20. The quantitative estimate of drug-likeness (QED) is 0.806. The van der Waals surface area contributed by atoms with Crippen LogP contribution in [0.2, 0.25) is 8.67 Å². The van der Waals surface area contributed by atoms with Crippen LogP contribution in [-0.4, -0.2) is 16.1 Å². The van der Waals surface area contributed by atoms with Crippen LogP contribution in [0.3, 0.4) is 0 Å². The molecule has 0 amide bonds. The Labute approximate surface area is 133 Å². The van der Waals surface area contributed by atoms with Gasteiger partial charge in [0.05, 0.1) is 8.67 Å². The molecule has 0 aromatic carbocycles. The fraction of sp³-hybridized carbons (Fsp3) is 0.500. The number of nitrogens with one attached hydrogen (secondary N) is 1. The summed E-state index contributed by atoms with van der Waals surface area (Å²) in [6.07, 6.45) is 5.74. The predicted molar refractivity (Wildman–Crippen MR) is 87.0 cm³/mol. The summed E-state index contributed by atoms with van der Waals surface area (Å²) in [5.74, 6) is 1.07. The number of nitrogens with zero attached hydrogens (tertiary/aromatic N) is 2. The fourth-order valence-electron chi connectivity index (χ4n) is 2.20. The minimum Gasteiger partial charge on any atom is -0.335 e. The van der Waals surface area contributed by atoms with Crippen LogP contribution in [0.5, 0.6) is 0 Å². The van der Waals surface area contributed by atoms with Crippen LogP contribution >= 0.6 is 34.5 Å². The standard InChI is InChI=1S/C14H19Cl2N3S/c1-3-5-17-11(10-8-12(15)20-14(10)16)9-13-18-6-7-19(13)4-2/h6-8,11,17H,3-5,9H2,1-2H3. The first-order chi connectivity index (χ1) is 9.65. The maximum Gasteiger partial charge on any atom is 0.110 e. The van der Waals surface area contributed by atoms with Crippen LogP contribution in [-0.2, 0) is 13.0 Å². The average molecular weight is 332 g/mol. The minimum absolute atomic E-state index is 0.152. The molecule has 1 unspecified atom stereocenters. The summed E-state index contributed by atoms with van der Waals surface area (Å²) in [5.41, 5.74) is 1.07. The summed E-state index contributed by atoms with van der Waals surface area (Å²) < 4.78 is 3.65. The first-order valence-electron chi connectivity index (χ1n) is 6.83. The number of imidazole rings is 1. The summed E-state index contributed by atoms with van der Waals surface area (Å²) >= 11 is 13.8. The molecule has 2 aromatic rings. The van der Waals surface area contributed by atoms with Crippen molar-refractivity contribution in [1.82, 2.24) is 14.9 Å². The van der Waals surface area contributed by atoms with Crippen LogP contribution in [0, 0.1) is 0 Å².